The van der Waals surface area contributed by atoms with Crippen LogP contribution in [0.3, 0.4) is 0 Å². The first-order chi connectivity index (χ1) is 9.62. The second-order valence-corrected chi connectivity index (χ2v) is 4.66. The summed E-state index contributed by atoms with van der Waals surface area (Å²) < 4.78 is 10.6. The normalized spacial score (nSPS) is 21.5. The minimum atomic E-state index is -0.810. The maximum Gasteiger partial charge on any atom is 0.307 e. The Morgan fingerprint density at radius 3 is 2.55 bits per heavy atom. The van der Waals surface area contributed by atoms with E-state index in [2.05, 4.69) is 5.32 Å². The van der Waals surface area contributed by atoms with Crippen molar-refractivity contribution in [2.24, 2.45) is 5.92 Å². The second-order valence-electron chi connectivity index (χ2n) is 4.66. The van der Waals surface area contributed by atoms with E-state index in [1.54, 1.807) is 12.1 Å². The zero-order valence-electron chi connectivity index (χ0n) is 11.4. The third kappa shape index (κ3) is 2.46. The molecule has 2 rings (SSSR count). The molecule has 6 nitrogen and oxygen atoms in total. The number of methoxy groups -OCH3 is 2. The highest BCUT2D eigenvalue weighted by atomic mass is 16.5. The monoisotopic (exact) mass is 279 g/mol. The fraction of sp³-hybridized carbons (Fsp3) is 0.429. The van der Waals surface area contributed by atoms with E-state index in [0.29, 0.717) is 36.3 Å². The summed E-state index contributed by atoms with van der Waals surface area (Å²) in [7, 11) is 2.97. The van der Waals surface area contributed by atoms with E-state index in [1.165, 1.54) is 14.2 Å². The number of carboxylic acids is 1. The van der Waals surface area contributed by atoms with E-state index in [1.807, 2.05) is 0 Å². The summed E-state index contributed by atoms with van der Waals surface area (Å²) in [6, 6.07) is 3.30. The Morgan fingerprint density at radius 2 is 2.05 bits per heavy atom. The molecule has 0 amide bonds. The lowest BCUT2D eigenvalue weighted by Crippen LogP contribution is -2.17. The molecule has 20 heavy (non-hydrogen) atoms. The fourth-order valence-corrected chi connectivity index (χ4v) is 2.54. The summed E-state index contributed by atoms with van der Waals surface area (Å²) in [6.45, 7) is 0.418. The molecular weight excluding hydrogens is 262 g/mol. The van der Waals surface area contributed by atoms with Crippen LogP contribution in [0.15, 0.2) is 12.1 Å². The lowest BCUT2D eigenvalue weighted by Gasteiger charge is -2.18. The molecule has 0 saturated carbocycles. The van der Waals surface area contributed by atoms with Gasteiger partial charge in [-0.25, -0.2) is 0 Å². The molecule has 0 bridgehead atoms. The van der Waals surface area contributed by atoms with Gasteiger partial charge >= 0.3 is 5.97 Å². The number of nitrogens with one attached hydrogen (secondary N) is 1. The SMILES string of the molecule is COc1c(C=O)ccc(C2CC(C(=O)O)CN2)c1OC. The number of rotatable bonds is 5. The van der Waals surface area contributed by atoms with Crippen molar-refractivity contribution in [1.82, 2.24) is 5.32 Å². The van der Waals surface area contributed by atoms with Crippen LogP contribution in [0.4, 0.5) is 0 Å². The van der Waals surface area contributed by atoms with E-state index >= 15 is 0 Å². The first kappa shape index (κ1) is 14.3. The number of carbonyl (C=O) groups excluding carboxylic acids is 1. The van der Waals surface area contributed by atoms with Crippen LogP contribution < -0.4 is 14.8 Å². The number of carbonyl (C=O) groups is 2. The Hall–Kier alpha value is -2.08. The standard InChI is InChI=1S/C14H17NO5/c1-19-12-8(7-16)3-4-10(13(12)20-2)11-5-9(6-15-11)14(17)18/h3-4,7,9,11,15H,5-6H2,1-2H3,(H,17,18). The first-order valence-corrected chi connectivity index (χ1v) is 6.28. The molecule has 1 aromatic rings. The van der Waals surface area contributed by atoms with Gasteiger partial charge in [-0.05, 0) is 12.5 Å². The van der Waals surface area contributed by atoms with Gasteiger partial charge in [0.05, 0.1) is 25.7 Å². The quantitative estimate of drug-likeness (QED) is 0.789. The number of aldehydes is 1. The first-order valence-electron chi connectivity index (χ1n) is 6.28. The highest BCUT2D eigenvalue weighted by Crippen LogP contribution is 2.40. The second kappa shape index (κ2) is 5.92. The van der Waals surface area contributed by atoms with Crippen molar-refractivity contribution < 1.29 is 24.2 Å². The van der Waals surface area contributed by atoms with Gasteiger partial charge in [0.2, 0.25) is 0 Å². The van der Waals surface area contributed by atoms with Crippen LogP contribution in [-0.2, 0) is 4.79 Å². The Kier molecular flexibility index (Phi) is 4.24. The largest absolute Gasteiger partial charge is 0.492 e. The molecule has 1 saturated heterocycles. The molecule has 1 aliphatic heterocycles. The molecule has 6 heteroatoms. The third-order valence-electron chi connectivity index (χ3n) is 3.56. The maximum absolute atomic E-state index is 11.0. The Morgan fingerprint density at radius 1 is 1.35 bits per heavy atom. The number of benzene rings is 1. The Bertz CT molecular complexity index is 529. The zero-order valence-corrected chi connectivity index (χ0v) is 11.4. The highest BCUT2D eigenvalue weighted by Gasteiger charge is 2.32. The van der Waals surface area contributed by atoms with Crippen molar-refractivity contribution in [3.8, 4) is 11.5 Å². The highest BCUT2D eigenvalue weighted by molar-refractivity contribution is 5.82. The molecule has 1 heterocycles. The predicted octanol–water partition coefficient (Wildman–Crippen LogP) is 1.25. The fourth-order valence-electron chi connectivity index (χ4n) is 2.54. The maximum atomic E-state index is 11.0. The van der Waals surface area contributed by atoms with E-state index in [9.17, 15) is 9.59 Å². The Labute approximate surface area is 116 Å². The van der Waals surface area contributed by atoms with Crippen LogP contribution in [0.2, 0.25) is 0 Å². The van der Waals surface area contributed by atoms with Gasteiger partial charge in [0, 0.05) is 18.2 Å². The number of ether oxygens (including phenoxy) is 2. The molecule has 1 fully saturated rings. The van der Waals surface area contributed by atoms with Gasteiger partial charge in [0.1, 0.15) is 0 Å². The summed E-state index contributed by atoms with van der Waals surface area (Å²) in [5.74, 6) is -0.377. The molecule has 2 unspecified atom stereocenters. The molecule has 2 atom stereocenters. The van der Waals surface area contributed by atoms with Crippen LogP contribution in [-0.4, -0.2) is 38.1 Å². The van der Waals surface area contributed by atoms with Gasteiger partial charge in [-0.3, -0.25) is 9.59 Å². The minimum Gasteiger partial charge on any atom is -0.492 e. The van der Waals surface area contributed by atoms with Crippen molar-refractivity contribution in [3.63, 3.8) is 0 Å². The number of hydrogen-bond acceptors (Lipinski definition) is 5. The molecule has 2 N–H and O–H groups in total. The lowest BCUT2D eigenvalue weighted by molar-refractivity contribution is -0.141. The van der Waals surface area contributed by atoms with Crippen molar-refractivity contribution in [2.45, 2.75) is 12.5 Å². The lowest BCUT2D eigenvalue weighted by atomic mass is 9.97. The zero-order chi connectivity index (χ0) is 14.7. The van der Waals surface area contributed by atoms with Crippen molar-refractivity contribution >= 4 is 12.3 Å². The van der Waals surface area contributed by atoms with E-state index in [4.69, 9.17) is 14.6 Å². The van der Waals surface area contributed by atoms with Crippen LogP contribution in [0.1, 0.15) is 28.4 Å². The van der Waals surface area contributed by atoms with Crippen LogP contribution in [0, 0.1) is 5.92 Å². The molecular formula is C14H17NO5. The number of aliphatic carboxylic acids is 1. The van der Waals surface area contributed by atoms with Gasteiger partial charge in [0.15, 0.2) is 17.8 Å². The summed E-state index contributed by atoms with van der Waals surface area (Å²) >= 11 is 0. The number of hydrogen-bond donors (Lipinski definition) is 2. The van der Waals surface area contributed by atoms with Crippen LogP contribution in [0.25, 0.3) is 0 Å². The van der Waals surface area contributed by atoms with Crippen LogP contribution in [0.5, 0.6) is 11.5 Å². The average Bonchev–Trinajstić information content (AvgIpc) is 2.95. The van der Waals surface area contributed by atoms with Gasteiger partial charge in [-0.15, -0.1) is 0 Å². The summed E-state index contributed by atoms with van der Waals surface area (Å²) in [5.41, 5.74) is 1.21. The molecule has 108 valence electrons. The number of carboxylic acid groups (broad SMARTS) is 1. The van der Waals surface area contributed by atoms with Crippen molar-refractivity contribution in [2.75, 3.05) is 20.8 Å². The van der Waals surface area contributed by atoms with Gasteiger partial charge in [-0.2, -0.15) is 0 Å². The van der Waals surface area contributed by atoms with Crippen molar-refractivity contribution in [3.05, 3.63) is 23.3 Å². The summed E-state index contributed by atoms with van der Waals surface area (Å²) in [5, 5.41) is 12.2. The molecule has 1 aromatic carbocycles. The molecule has 0 radical (unpaired) electrons. The van der Waals surface area contributed by atoms with Gasteiger partial charge in [-0.1, -0.05) is 6.07 Å². The smallest absolute Gasteiger partial charge is 0.307 e. The van der Waals surface area contributed by atoms with Crippen LogP contribution >= 0.6 is 0 Å². The molecule has 0 spiro atoms. The van der Waals surface area contributed by atoms with Crippen molar-refractivity contribution in [1.29, 1.82) is 0 Å². The molecule has 1 aliphatic rings. The van der Waals surface area contributed by atoms with Gasteiger partial charge in [0.25, 0.3) is 0 Å². The summed E-state index contributed by atoms with van der Waals surface area (Å²) in [4.78, 5) is 22.0. The molecule has 0 aromatic heterocycles. The van der Waals surface area contributed by atoms with E-state index in [0.717, 1.165) is 5.56 Å². The van der Waals surface area contributed by atoms with E-state index in [-0.39, 0.29) is 6.04 Å². The predicted molar refractivity (Wildman–Crippen MR) is 71.4 cm³/mol. The topological polar surface area (TPSA) is 84.9 Å². The Balaban J connectivity index is 2.37. The minimum absolute atomic E-state index is 0.124. The average molecular weight is 279 g/mol. The molecule has 0 aliphatic carbocycles. The third-order valence-corrected chi connectivity index (χ3v) is 3.56. The van der Waals surface area contributed by atoms with Gasteiger partial charge < -0.3 is 19.9 Å². The van der Waals surface area contributed by atoms with E-state index < -0.39 is 11.9 Å². The summed E-state index contributed by atoms with van der Waals surface area (Å²) in [6.07, 6.45) is 1.18.